The molecule has 146 valence electrons. The number of rotatable bonds is 7. The van der Waals surface area contributed by atoms with Crippen molar-refractivity contribution in [1.82, 2.24) is 15.1 Å². The summed E-state index contributed by atoms with van der Waals surface area (Å²) < 4.78 is 30.5. The van der Waals surface area contributed by atoms with Crippen molar-refractivity contribution < 1.29 is 23.4 Å². The molecule has 1 aromatic heterocycles. The second kappa shape index (κ2) is 8.43. The predicted octanol–water partition coefficient (Wildman–Crippen LogP) is 2.97. The van der Waals surface area contributed by atoms with Gasteiger partial charge < -0.3 is 19.5 Å². The van der Waals surface area contributed by atoms with Crippen LogP contribution in [0.5, 0.6) is 17.2 Å². The number of methoxy groups -OCH3 is 3. The van der Waals surface area contributed by atoms with Gasteiger partial charge >= 0.3 is 0 Å². The fourth-order valence-corrected chi connectivity index (χ4v) is 2.69. The van der Waals surface area contributed by atoms with Crippen LogP contribution in [-0.2, 0) is 6.54 Å². The van der Waals surface area contributed by atoms with E-state index in [1.54, 1.807) is 43.6 Å². The molecule has 0 unspecified atom stereocenters. The van der Waals surface area contributed by atoms with Gasteiger partial charge in [0.05, 0.1) is 39.1 Å². The maximum atomic E-state index is 13.0. The summed E-state index contributed by atoms with van der Waals surface area (Å²) in [6, 6.07) is 10.8. The van der Waals surface area contributed by atoms with Gasteiger partial charge in [0.1, 0.15) is 23.1 Å². The molecule has 3 aromatic rings. The molecule has 0 saturated heterocycles. The van der Waals surface area contributed by atoms with Crippen molar-refractivity contribution >= 4 is 5.91 Å². The third-order valence-corrected chi connectivity index (χ3v) is 4.16. The van der Waals surface area contributed by atoms with Crippen LogP contribution in [0, 0.1) is 5.82 Å². The average molecular weight is 385 g/mol. The van der Waals surface area contributed by atoms with Crippen LogP contribution < -0.4 is 19.5 Å². The van der Waals surface area contributed by atoms with E-state index < -0.39 is 0 Å². The van der Waals surface area contributed by atoms with E-state index in [9.17, 15) is 9.18 Å². The van der Waals surface area contributed by atoms with Gasteiger partial charge in [0.2, 0.25) is 0 Å². The Bertz CT molecular complexity index is 945. The van der Waals surface area contributed by atoms with Crippen LogP contribution in [0.25, 0.3) is 5.69 Å². The fraction of sp³-hybridized carbons (Fsp3) is 0.200. The largest absolute Gasteiger partial charge is 0.496 e. The topological polar surface area (TPSA) is 74.6 Å². The summed E-state index contributed by atoms with van der Waals surface area (Å²) in [6.45, 7) is 0.179. The SMILES string of the molecule is COc1cc(OC)c(CNC(=O)c2ccn(-c3ccc(F)cc3)n2)c(OC)c1. The first-order chi connectivity index (χ1) is 13.5. The molecule has 0 radical (unpaired) electrons. The first-order valence-corrected chi connectivity index (χ1v) is 8.44. The number of carbonyl (C=O) groups is 1. The number of nitrogens with one attached hydrogen (secondary N) is 1. The molecule has 0 bridgehead atoms. The Kier molecular flexibility index (Phi) is 5.78. The third-order valence-electron chi connectivity index (χ3n) is 4.16. The molecule has 0 aliphatic carbocycles. The number of hydrogen-bond donors (Lipinski definition) is 1. The highest BCUT2D eigenvalue weighted by Crippen LogP contribution is 2.33. The highest BCUT2D eigenvalue weighted by Gasteiger charge is 2.16. The Morgan fingerprint density at radius 3 is 2.25 bits per heavy atom. The lowest BCUT2D eigenvalue weighted by atomic mass is 10.1. The number of benzene rings is 2. The van der Waals surface area contributed by atoms with Crippen LogP contribution in [0.1, 0.15) is 16.1 Å². The minimum Gasteiger partial charge on any atom is -0.496 e. The van der Waals surface area contributed by atoms with E-state index in [1.165, 1.54) is 31.0 Å². The van der Waals surface area contributed by atoms with E-state index in [2.05, 4.69) is 10.4 Å². The van der Waals surface area contributed by atoms with Gasteiger partial charge in [0, 0.05) is 18.3 Å². The molecule has 0 aliphatic heterocycles. The van der Waals surface area contributed by atoms with Crippen molar-refractivity contribution in [3.63, 3.8) is 0 Å². The molecule has 0 atom stereocenters. The Labute approximate surface area is 161 Å². The van der Waals surface area contributed by atoms with Crippen molar-refractivity contribution in [3.8, 4) is 22.9 Å². The number of carbonyl (C=O) groups excluding carboxylic acids is 1. The molecule has 28 heavy (non-hydrogen) atoms. The lowest BCUT2D eigenvalue weighted by Crippen LogP contribution is -2.24. The maximum Gasteiger partial charge on any atom is 0.272 e. The number of hydrogen-bond acceptors (Lipinski definition) is 5. The van der Waals surface area contributed by atoms with E-state index in [1.807, 2.05) is 0 Å². The van der Waals surface area contributed by atoms with E-state index in [-0.39, 0.29) is 24.0 Å². The third kappa shape index (κ3) is 4.06. The number of ether oxygens (including phenoxy) is 3. The van der Waals surface area contributed by atoms with Gasteiger partial charge in [-0.3, -0.25) is 4.79 Å². The number of aromatic nitrogens is 2. The van der Waals surface area contributed by atoms with Crippen LogP contribution in [0.3, 0.4) is 0 Å². The zero-order valence-corrected chi connectivity index (χ0v) is 15.7. The molecule has 1 N–H and O–H groups in total. The molecule has 0 saturated carbocycles. The number of halogens is 1. The first kappa shape index (κ1) is 19.2. The van der Waals surface area contributed by atoms with Crippen LogP contribution in [-0.4, -0.2) is 37.0 Å². The minimum atomic E-state index is -0.360. The highest BCUT2D eigenvalue weighted by molar-refractivity contribution is 5.92. The zero-order valence-electron chi connectivity index (χ0n) is 15.7. The Morgan fingerprint density at radius 1 is 1.04 bits per heavy atom. The second-order valence-electron chi connectivity index (χ2n) is 5.82. The van der Waals surface area contributed by atoms with Gasteiger partial charge in [-0.25, -0.2) is 9.07 Å². The molecule has 3 rings (SSSR count). The summed E-state index contributed by atoms with van der Waals surface area (Å²) in [5.41, 5.74) is 1.56. The molecule has 8 heteroatoms. The van der Waals surface area contributed by atoms with Crippen molar-refractivity contribution in [2.24, 2.45) is 0 Å². The molecule has 0 fully saturated rings. The summed E-state index contributed by atoms with van der Waals surface area (Å²) in [5.74, 6) is 0.959. The summed E-state index contributed by atoms with van der Waals surface area (Å²) in [4.78, 5) is 12.5. The summed E-state index contributed by atoms with van der Waals surface area (Å²) in [7, 11) is 4.61. The first-order valence-electron chi connectivity index (χ1n) is 8.44. The second-order valence-corrected chi connectivity index (χ2v) is 5.82. The van der Waals surface area contributed by atoms with Gasteiger partial charge in [0.25, 0.3) is 5.91 Å². The highest BCUT2D eigenvalue weighted by atomic mass is 19.1. The number of amides is 1. The van der Waals surface area contributed by atoms with Gasteiger partial charge in [-0.15, -0.1) is 0 Å². The van der Waals surface area contributed by atoms with Crippen LogP contribution in [0.4, 0.5) is 4.39 Å². The summed E-state index contributed by atoms with van der Waals surface area (Å²) >= 11 is 0. The summed E-state index contributed by atoms with van der Waals surface area (Å²) in [6.07, 6.45) is 1.64. The zero-order chi connectivity index (χ0) is 20.1. The van der Waals surface area contributed by atoms with Crippen LogP contribution in [0.2, 0.25) is 0 Å². The molecule has 0 aliphatic rings. The lowest BCUT2D eigenvalue weighted by Gasteiger charge is -2.15. The van der Waals surface area contributed by atoms with Crippen molar-refractivity contribution in [2.45, 2.75) is 6.54 Å². The Balaban J connectivity index is 1.75. The lowest BCUT2D eigenvalue weighted by molar-refractivity contribution is 0.0945. The molecule has 1 heterocycles. The maximum absolute atomic E-state index is 13.0. The van der Waals surface area contributed by atoms with Crippen LogP contribution in [0.15, 0.2) is 48.7 Å². The Hall–Kier alpha value is -3.55. The molecular weight excluding hydrogens is 365 g/mol. The van der Waals surface area contributed by atoms with Gasteiger partial charge in [-0.1, -0.05) is 0 Å². The molecular formula is C20H20FN3O4. The van der Waals surface area contributed by atoms with Gasteiger partial charge in [0.15, 0.2) is 5.69 Å². The normalized spacial score (nSPS) is 10.4. The number of nitrogens with zero attached hydrogens (tertiary/aromatic N) is 2. The fourth-order valence-electron chi connectivity index (χ4n) is 2.69. The average Bonchev–Trinajstić information content (AvgIpc) is 3.22. The molecule has 7 nitrogen and oxygen atoms in total. The van der Waals surface area contributed by atoms with Gasteiger partial charge in [-0.05, 0) is 30.3 Å². The molecule has 0 spiro atoms. The standard InChI is InChI=1S/C20H20FN3O4/c1-26-15-10-18(27-2)16(19(11-15)28-3)12-22-20(25)17-8-9-24(23-17)14-6-4-13(21)5-7-14/h4-11H,12H2,1-3H3,(H,22,25). The quantitative estimate of drug-likeness (QED) is 0.677. The molecule has 2 aromatic carbocycles. The van der Waals surface area contributed by atoms with E-state index in [4.69, 9.17) is 14.2 Å². The van der Waals surface area contributed by atoms with E-state index >= 15 is 0 Å². The van der Waals surface area contributed by atoms with Crippen LogP contribution >= 0.6 is 0 Å². The summed E-state index contributed by atoms with van der Waals surface area (Å²) in [5, 5.41) is 7.04. The molecule has 1 amide bonds. The predicted molar refractivity (Wildman–Crippen MR) is 101 cm³/mol. The van der Waals surface area contributed by atoms with Crippen molar-refractivity contribution in [1.29, 1.82) is 0 Å². The van der Waals surface area contributed by atoms with E-state index in [0.717, 1.165) is 0 Å². The van der Waals surface area contributed by atoms with Gasteiger partial charge in [-0.2, -0.15) is 5.10 Å². The van der Waals surface area contributed by atoms with Crippen molar-refractivity contribution in [2.75, 3.05) is 21.3 Å². The van der Waals surface area contributed by atoms with Crippen molar-refractivity contribution in [3.05, 3.63) is 65.7 Å². The minimum absolute atomic E-state index is 0.179. The smallest absolute Gasteiger partial charge is 0.272 e. The monoisotopic (exact) mass is 385 g/mol. The Morgan fingerprint density at radius 2 is 1.68 bits per heavy atom. The van der Waals surface area contributed by atoms with E-state index in [0.29, 0.717) is 28.5 Å².